The lowest BCUT2D eigenvalue weighted by molar-refractivity contribution is 1.01. The van der Waals surface area contributed by atoms with Crippen molar-refractivity contribution in [3.8, 4) is 16.8 Å². The van der Waals surface area contributed by atoms with Crippen LogP contribution in [0.4, 0.5) is 0 Å². The molecule has 204 valence electrons. The summed E-state index contributed by atoms with van der Waals surface area (Å²) in [7, 11) is 0. The summed E-state index contributed by atoms with van der Waals surface area (Å²) in [4.78, 5) is 0. The van der Waals surface area contributed by atoms with Gasteiger partial charge in [-0.05, 0) is 72.9 Å². The molecule has 0 saturated heterocycles. The molecule has 0 fully saturated rings. The van der Waals surface area contributed by atoms with E-state index < -0.39 is 0 Å². The van der Waals surface area contributed by atoms with Gasteiger partial charge in [0.2, 0.25) is 0 Å². The van der Waals surface area contributed by atoms with Gasteiger partial charge in [0, 0.05) is 27.8 Å². The predicted octanol–water partition coefficient (Wildman–Crippen LogP) is 11.4. The van der Waals surface area contributed by atoms with Gasteiger partial charge in [-0.3, -0.25) is 0 Å². The summed E-state index contributed by atoms with van der Waals surface area (Å²) in [5.74, 6) is 0.239. The second-order valence-corrected chi connectivity index (χ2v) is 12.0. The molecule has 0 spiro atoms. The number of rotatable bonds is 2. The molecule has 0 amide bonds. The van der Waals surface area contributed by atoms with Gasteiger partial charge in [0.25, 0.3) is 0 Å². The molecule has 1 heterocycles. The van der Waals surface area contributed by atoms with Crippen LogP contribution in [-0.2, 0) is 0 Å². The highest BCUT2D eigenvalue weighted by Gasteiger charge is 2.29. The molecule has 0 aliphatic heterocycles. The highest BCUT2D eigenvalue weighted by molar-refractivity contribution is 6.35. The number of nitrogens with zero attached hydrogens (tertiary/aromatic N) is 1. The van der Waals surface area contributed by atoms with Crippen LogP contribution in [0.15, 0.2) is 158 Å². The van der Waals surface area contributed by atoms with Crippen molar-refractivity contribution in [1.82, 2.24) is 4.57 Å². The van der Waals surface area contributed by atoms with Crippen LogP contribution in [-0.4, -0.2) is 4.57 Å². The van der Waals surface area contributed by atoms with Gasteiger partial charge in [0.1, 0.15) is 0 Å². The Balaban J connectivity index is 1.29. The van der Waals surface area contributed by atoms with Crippen LogP contribution in [0.2, 0.25) is 0 Å². The molecular weight excluding hydrogens is 530 g/mol. The fourth-order valence-electron chi connectivity index (χ4n) is 8.04. The summed E-state index contributed by atoms with van der Waals surface area (Å²) in [6.45, 7) is 0. The molecule has 10 rings (SSSR count). The van der Waals surface area contributed by atoms with Crippen LogP contribution in [0.5, 0.6) is 0 Å². The van der Waals surface area contributed by atoms with Crippen LogP contribution >= 0.6 is 0 Å². The van der Waals surface area contributed by atoms with E-state index in [0.29, 0.717) is 0 Å². The molecule has 1 aromatic heterocycles. The fourth-order valence-corrected chi connectivity index (χ4v) is 8.04. The van der Waals surface area contributed by atoms with Gasteiger partial charge in [-0.1, -0.05) is 140 Å². The Hall–Kier alpha value is -5.66. The summed E-state index contributed by atoms with van der Waals surface area (Å²) in [5.41, 5.74) is 10.5. The van der Waals surface area contributed by atoms with Crippen molar-refractivity contribution in [2.24, 2.45) is 0 Å². The standard InChI is InChI=1S/C43H27N/c1-2-12-30-27(11-1)23-26-39-41(30)42-37-19-9-5-15-33(37)34-16-6-10-20-38(34)43(42)44(39)29-24-21-28(22-25-29)40-35-17-7-3-13-31(35)32-14-4-8-18-36(32)40/h1-26,40H. The maximum absolute atomic E-state index is 2.51. The minimum absolute atomic E-state index is 0.239. The van der Waals surface area contributed by atoms with E-state index >= 15 is 0 Å². The molecule has 0 atom stereocenters. The summed E-state index contributed by atoms with van der Waals surface area (Å²) in [6, 6.07) is 58.4. The molecule has 0 saturated carbocycles. The Labute approximate surface area is 255 Å². The van der Waals surface area contributed by atoms with E-state index in [9.17, 15) is 0 Å². The van der Waals surface area contributed by atoms with Crippen molar-refractivity contribution in [2.45, 2.75) is 5.92 Å². The Morgan fingerprint density at radius 1 is 0.386 bits per heavy atom. The van der Waals surface area contributed by atoms with Crippen LogP contribution in [0, 0.1) is 0 Å². The second kappa shape index (κ2) is 8.92. The van der Waals surface area contributed by atoms with E-state index in [1.165, 1.54) is 87.6 Å². The number of benzene rings is 8. The number of hydrogen-bond acceptors (Lipinski definition) is 0. The summed E-state index contributed by atoms with van der Waals surface area (Å²) < 4.78 is 2.51. The molecule has 1 aliphatic rings. The molecule has 1 heteroatoms. The van der Waals surface area contributed by atoms with E-state index in [1.54, 1.807) is 0 Å². The highest BCUT2D eigenvalue weighted by atomic mass is 15.0. The van der Waals surface area contributed by atoms with E-state index in [4.69, 9.17) is 0 Å². The van der Waals surface area contributed by atoms with Gasteiger partial charge in [-0.15, -0.1) is 0 Å². The quantitative estimate of drug-likeness (QED) is 0.186. The monoisotopic (exact) mass is 557 g/mol. The average Bonchev–Trinajstić information content (AvgIpc) is 3.63. The summed E-state index contributed by atoms with van der Waals surface area (Å²) in [5, 5.41) is 10.4. The Bertz CT molecular complexity index is 2560. The van der Waals surface area contributed by atoms with E-state index in [-0.39, 0.29) is 5.92 Å². The molecule has 0 bridgehead atoms. The lowest BCUT2D eigenvalue weighted by Crippen LogP contribution is -2.00. The zero-order valence-corrected chi connectivity index (χ0v) is 24.0. The number of hydrogen-bond donors (Lipinski definition) is 0. The van der Waals surface area contributed by atoms with E-state index in [2.05, 4.69) is 162 Å². The molecule has 8 aromatic carbocycles. The first-order chi connectivity index (χ1) is 21.9. The number of fused-ring (bicyclic) bond motifs is 13. The smallest absolute Gasteiger partial charge is 0.0626 e. The molecular formula is C43H27N. The van der Waals surface area contributed by atoms with Crippen molar-refractivity contribution in [2.75, 3.05) is 0 Å². The van der Waals surface area contributed by atoms with Crippen LogP contribution in [0.1, 0.15) is 22.6 Å². The third kappa shape index (κ3) is 3.13. The van der Waals surface area contributed by atoms with Gasteiger partial charge >= 0.3 is 0 Å². The van der Waals surface area contributed by atoms with Crippen LogP contribution < -0.4 is 0 Å². The third-order valence-corrected chi connectivity index (χ3v) is 9.85. The molecule has 0 N–H and O–H groups in total. The highest BCUT2D eigenvalue weighted by Crippen LogP contribution is 2.48. The van der Waals surface area contributed by atoms with Crippen molar-refractivity contribution in [1.29, 1.82) is 0 Å². The van der Waals surface area contributed by atoms with E-state index in [1.807, 2.05) is 0 Å². The number of aromatic nitrogens is 1. The van der Waals surface area contributed by atoms with Crippen LogP contribution in [0.25, 0.3) is 70.9 Å². The van der Waals surface area contributed by atoms with Gasteiger partial charge in [0.15, 0.2) is 0 Å². The first-order valence-electron chi connectivity index (χ1n) is 15.4. The Morgan fingerprint density at radius 2 is 0.932 bits per heavy atom. The maximum atomic E-state index is 2.51. The van der Waals surface area contributed by atoms with Gasteiger partial charge in [-0.2, -0.15) is 0 Å². The molecule has 1 aliphatic carbocycles. The van der Waals surface area contributed by atoms with Gasteiger partial charge in [-0.25, -0.2) is 0 Å². The summed E-state index contributed by atoms with van der Waals surface area (Å²) in [6.07, 6.45) is 0. The zero-order chi connectivity index (χ0) is 28.8. The minimum Gasteiger partial charge on any atom is -0.309 e. The summed E-state index contributed by atoms with van der Waals surface area (Å²) >= 11 is 0. The topological polar surface area (TPSA) is 4.93 Å². The van der Waals surface area contributed by atoms with E-state index in [0.717, 1.165) is 0 Å². The molecule has 9 aromatic rings. The largest absolute Gasteiger partial charge is 0.309 e. The Kier molecular flexibility index (Phi) is 4.84. The fraction of sp³-hybridized carbons (Fsp3) is 0.0233. The lowest BCUT2D eigenvalue weighted by Gasteiger charge is -2.16. The average molecular weight is 558 g/mol. The van der Waals surface area contributed by atoms with Crippen molar-refractivity contribution < 1.29 is 0 Å². The second-order valence-electron chi connectivity index (χ2n) is 12.0. The minimum atomic E-state index is 0.239. The van der Waals surface area contributed by atoms with Crippen molar-refractivity contribution in [3.63, 3.8) is 0 Å². The molecule has 0 unspecified atom stereocenters. The van der Waals surface area contributed by atoms with Crippen LogP contribution in [0.3, 0.4) is 0 Å². The molecule has 0 radical (unpaired) electrons. The normalized spacial score (nSPS) is 12.9. The predicted molar refractivity (Wildman–Crippen MR) is 186 cm³/mol. The van der Waals surface area contributed by atoms with Crippen molar-refractivity contribution >= 4 is 54.1 Å². The molecule has 1 nitrogen and oxygen atoms in total. The van der Waals surface area contributed by atoms with Crippen molar-refractivity contribution in [3.05, 3.63) is 174 Å². The zero-order valence-electron chi connectivity index (χ0n) is 24.0. The third-order valence-electron chi connectivity index (χ3n) is 9.85. The van der Waals surface area contributed by atoms with Gasteiger partial charge < -0.3 is 4.57 Å². The maximum Gasteiger partial charge on any atom is 0.0626 e. The Morgan fingerprint density at radius 3 is 1.64 bits per heavy atom. The first kappa shape index (κ1) is 23.9. The first-order valence-corrected chi connectivity index (χ1v) is 15.4. The SMILES string of the molecule is c1ccc2c(c1)-c1ccccc1C2c1ccc(-n2c3ccc4ccccc4c3c3c4ccccc4c4ccccc4c32)cc1. The lowest BCUT2D eigenvalue weighted by atomic mass is 9.89. The molecule has 44 heavy (non-hydrogen) atoms. The van der Waals surface area contributed by atoms with Gasteiger partial charge in [0.05, 0.1) is 11.0 Å².